The van der Waals surface area contributed by atoms with E-state index in [4.69, 9.17) is 19.9 Å². The molecule has 2 N–H and O–H groups in total. The van der Waals surface area contributed by atoms with Crippen molar-refractivity contribution in [2.24, 2.45) is 0 Å². The van der Waals surface area contributed by atoms with Crippen LogP contribution >= 0.6 is 0 Å². The van der Waals surface area contributed by atoms with Gasteiger partial charge in [0.05, 0.1) is 7.11 Å². The molecule has 0 radical (unpaired) electrons. The summed E-state index contributed by atoms with van der Waals surface area (Å²) in [5.74, 6) is -1.39. The van der Waals surface area contributed by atoms with E-state index in [2.05, 4.69) is 4.98 Å². The molecule has 11 heteroatoms. The van der Waals surface area contributed by atoms with Crippen molar-refractivity contribution in [2.75, 3.05) is 12.8 Å². The number of carbonyl (C=O) groups is 3. The number of nitrogens with two attached hydrogens (primary N) is 1. The summed E-state index contributed by atoms with van der Waals surface area (Å²) in [4.78, 5) is 53.8. The van der Waals surface area contributed by atoms with E-state index in [1.165, 1.54) is 26.3 Å². The maximum Gasteiger partial charge on any atom is 0.412 e. The average molecular weight is 396 g/mol. The third-order valence-electron chi connectivity index (χ3n) is 3.94. The molecule has 28 heavy (non-hydrogen) atoms. The zero-order valence-corrected chi connectivity index (χ0v) is 16.4. The molecule has 1 saturated heterocycles. The molecule has 1 aliphatic heterocycles. The van der Waals surface area contributed by atoms with Crippen molar-refractivity contribution in [1.29, 1.82) is 0 Å². The van der Waals surface area contributed by atoms with Gasteiger partial charge in [-0.2, -0.15) is 4.98 Å². The molecule has 1 aliphatic rings. The summed E-state index contributed by atoms with van der Waals surface area (Å²) in [5, 5.41) is 0. The first kappa shape index (κ1) is 21.2. The predicted octanol–water partition coefficient (Wildman–Crippen LogP) is 0.438. The smallest absolute Gasteiger partial charge is 0.412 e. The fourth-order valence-corrected chi connectivity index (χ4v) is 2.98. The van der Waals surface area contributed by atoms with Gasteiger partial charge in [0.1, 0.15) is 23.6 Å². The van der Waals surface area contributed by atoms with E-state index in [1.54, 1.807) is 20.8 Å². The molecular formula is C17H24N4O7. The normalized spacial score (nSPS) is 21.9. The van der Waals surface area contributed by atoms with Crippen LogP contribution in [0.1, 0.15) is 40.3 Å². The highest BCUT2D eigenvalue weighted by atomic mass is 16.6. The lowest BCUT2D eigenvalue weighted by Gasteiger charge is -2.32. The van der Waals surface area contributed by atoms with Crippen LogP contribution < -0.4 is 11.4 Å². The van der Waals surface area contributed by atoms with Gasteiger partial charge in [0.2, 0.25) is 0 Å². The van der Waals surface area contributed by atoms with Gasteiger partial charge in [0.25, 0.3) is 0 Å². The number of hydrogen-bond donors (Lipinski definition) is 1. The Hall–Kier alpha value is -3.11. The number of carbonyl (C=O) groups excluding carboxylic acids is 3. The zero-order valence-electron chi connectivity index (χ0n) is 16.4. The third-order valence-corrected chi connectivity index (χ3v) is 3.94. The Kier molecular flexibility index (Phi) is 5.95. The molecule has 1 aromatic rings. The minimum absolute atomic E-state index is 0.0170. The Morgan fingerprint density at radius 2 is 1.93 bits per heavy atom. The van der Waals surface area contributed by atoms with Gasteiger partial charge in [-0.05, 0) is 26.8 Å². The lowest BCUT2D eigenvalue weighted by atomic mass is 10.2. The van der Waals surface area contributed by atoms with Crippen molar-refractivity contribution in [3.05, 3.63) is 22.7 Å². The fourth-order valence-electron chi connectivity index (χ4n) is 2.98. The minimum atomic E-state index is -1.16. The Labute approximate surface area is 161 Å². The van der Waals surface area contributed by atoms with E-state index >= 15 is 0 Å². The van der Waals surface area contributed by atoms with Crippen LogP contribution in [0.4, 0.5) is 10.6 Å². The lowest BCUT2D eigenvalue weighted by Crippen LogP contribution is -2.49. The number of amides is 1. The second-order valence-corrected chi connectivity index (χ2v) is 7.27. The van der Waals surface area contributed by atoms with Crippen molar-refractivity contribution in [1.82, 2.24) is 14.5 Å². The van der Waals surface area contributed by atoms with Gasteiger partial charge in [0, 0.05) is 19.5 Å². The van der Waals surface area contributed by atoms with E-state index in [0.717, 1.165) is 9.47 Å². The highest BCUT2D eigenvalue weighted by Crippen LogP contribution is 2.36. The lowest BCUT2D eigenvalue weighted by molar-refractivity contribution is -0.149. The van der Waals surface area contributed by atoms with Gasteiger partial charge in [-0.15, -0.1) is 0 Å². The third kappa shape index (κ3) is 4.59. The number of anilines is 1. The van der Waals surface area contributed by atoms with Crippen LogP contribution in [0.25, 0.3) is 0 Å². The minimum Gasteiger partial charge on any atom is -0.467 e. The van der Waals surface area contributed by atoms with Crippen LogP contribution in [-0.2, 0) is 23.8 Å². The van der Waals surface area contributed by atoms with Crippen molar-refractivity contribution in [2.45, 2.75) is 58.0 Å². The van der Waals surface area contributed by atoms with Crippen LogP contribution in [0.3, 0.4) is 0 Å². The number of methoxy groups -OCH3 is 1. The number of nitrogens with zero attached hydrogens (tertiary/aromatic N) is 3. The van der Waals surface area contributed by atoms with Gasteiger partial charge in [-0.1, -0.05) is 0 Å². The van der Waals surface area contributed by atoms with Crippen molar-refractivity contribution < 1.29 is 28.6 Å². The molecule has 0 saturated carbocycles. The molecule has 11 nitrogen and oxygen atoms in total. The number of ether oxygens (including phenoxy) is 3. The molecule has 1 fully saturated rings. The zero-order chi connectivity index (χ0) is 21.2. The maximum absolute atomic E-state index is 12.9. The van der Waals surface area contributed by atoms with Crippen LogP contribution in [0, 0.1) is 0 Å². The number of esters is 2. The number of nitrogen functional groups attached to an aromatic ring is 1. The van der Waals surface area contributed by atoms with Crippen LogP contribution in [0.2, 0.25) is 0 Å². The molecule has 0 bridgehead atoms. The van der Waals surface area contributed by atoms with Crippen LogP contribution in [-0.4, -0.2) is 57.3 Å². The van der Waals surface area contributed by atoms with E-state index < -0.39 is 47.6 Å². The maximum atomic E-state index is 12.9. The van der Waals surface area contributed by atoms with E-state index in [9.17, 15) is 19.2 Å². The van der Waals surface area contributed by atoms with E-state index in [1.807, 2.05) is 0 Å². The van der Waals surface area contributed by atoms with E-state index in [-0.39, 0.29) is 12.2 Å². The summed E-state index contributed by atoms with van der Waals surface area (Å²) < 4.78 is 16.5. The second-order valence-electron chi connectivity index (χ2n) is 7.27. The molecule has 0 unspecified atom stereocenters. The fraction of sp³-hybridized carbons (Fsp3) is 0.588. The van der Waals surface area contributed by atoms with Gasteiger partial charge >= 0.3 is 23.7 Å². The van der Waals surface area contributed by atoms with Gasteiger partial charge in [-0.25, -0.2) is 14.4 Å². The largest absolute Gasteiger partial charge is 0.467 e. The van der Waals surface area contributed by atoms with Crippen LogP contribution in [0.5, 0.6) is 0 Å². The monoisotopic (exact) mass is 396 g/mol. The molecule has 1 amide bonds. The Morgan fingerprint density at radius 3 is 2.43 bits per heavy atom. The highest BCUT2D eigenvalue weighted by molar-refractivity contribution is 5.82. The van der Waals surface area contributed by atoms with Crippen LogP contribution in [0.15, 0.2) is 17.1 Å². The first-order valence-corrected chi connectivity index (χ1v) is 8.55. The van der Waals surface area contributed by atoms with Gasteiger partial charge in [-0.3, -0.25) is 14.3 Å². The molecule has 3 atom stereocenters. The highest BCUT2D eigenvalue weighted by Gasteiger charge is 2.52. The molecular weight excluding hydrogens is 372 g/mol. The van der Waals surface area contributed by atoms with Gasteiger partial charge < -0.3 is 19.9 Å². The first-order chi connectivity index (χ1) is 12.9. The standard InChI is InChI=1S/C17H24N4O7/c1-9(22)27-11-8-10(14(23)26-5)21(16(25)28-17(2,3)4)13(11)20-7-6-12(18)19-15(20)24/h6-7,10-11,13H,8H2,1-5H3,(H2,18,19,24)/t10-,11+,13+/m0/s1. The Bertz CT molecular complexity index is 830. The predicted molar refractivity (Wildman–Crippen MR) is 96.0 cm³/mol. The van der Waals surface area contributed by atoms with Crippen molar-refractivity contribution in [3.63, 3.8) is 0 Å². The summed E-state index contributed by atoms with van der Waals surface area (Å²) in [6.07, 6.45) is -1.80. The topological polar surface area (TPSA) is 143 Å². The van der Waals surface area contributed by atoms with Crippen molar-refractivity contribution >= 4 is 23.8 Å². The second kappa shape index (κ2) is 7.87. The quantitative estimate of drug-likeness (QED) is 0.568. The molecule has 2 heterocycles. The molecule has 2 rings (SSSR count). The van der Waals surface area contributed by atoms with Gasteiger partial charge in [0.15, 0.2) is 6.17 Å². The summed E-state index contributed by atoms with van der Waals surface area (Å²) in [6, 6.07) is 0.226. The Morgan fingerprint density at radius 1 is 1.29 bits per heavy atom. The summed E-state index contributed by atoms with van der Waals surface area (Å²) >= 11 is 0. The van der Waals surface area contributed by atoms with Crippen molar-refractivity contribution in [3.8, 4) is 0 Å². The van der Waals surface area contributed by atoms with E-state index in [0.29, 0.717) is 0 Å². The SMILES string of the molecule is COC(=O)[C@@H]1C[C@@H](OC(C)=O)[C@H](n2ccc(N)nc2=O)N1C(=O)OC(C)(C)C. The molecule has 0 spiro atoms. The molecule has 154 valence electrons. The Balaban J connectivity index is 2.58. The average Bonchev–Trinajstić information content (AvgIpc) is 2.91. The number of aromatic nitrogens is 2. The molecule has 0 aliphatic carbocycles. The summed E-state index contributed by atoms with van der Waals surface area (Å²) in [6.45, 7) is 6.15. The molecule has 1 aromatic heterocycles. The number of rotatable bonds is 3. The number of hydrogen-bond acceptors (Lipinski definition) is 9. The molecule has 0 aromatic carbocycles. The summed E-state index contributed by atoms with van der Waals surface area (Å²) in [7, 11) is 1.17. The first-order valence-electron chi connectivity index (χ1n) is 8.55. The number of likely N-dealkylation sites (tertiary alicyclic amines) is 1. The summed E-state index contributed by atoms with van der Waals surface area (Å²) in [5.41, 5.74) is 3.88.